The molecule has 0 aliphatic carbocycles. The summed E-state index contributed by atoms with van der Waals surface area (Å²) in [5.74, 6) is 0.543. The Labute approximate surface area is 152 Å². The van der Waals surface area contributed by atoms with Gasteiger partial charge in [0.25, 0.3) is 0 Å². The summed E-state index contributed by atoms with van der Waals surface area (Å²) in [5.41, 5.74) is 4.28. The van der Waals surface area contributed by atoms with E-state index in [1.54, 1.807) is 19.2 Å². The Kier molecular flexibility index (Phi) is 5.16. The van der Waals surface area contributed by atoms with Crippen molar-refractivity contribution in [1.29, 1.82) is 0 Å². The standard InChI is InChI=1S/C19H22ClN3O2/c1-4-6-22(2)14-5-7-23-11-17(21-19(23)9-14)15-10-16(20)18(25-3)8-13(15)12-24/h5,7-11,24H,4,6,12H2,1-3H3. The van der Waals surface area contributed by atoms with Gasteiger partial charge in [-0.15, -0.1) is 0 Å². The molecule has 0 atom stereocenters. The van der Waals surface area contributed by atoms with Gasteiger partial charge < -0.3 is 19.1 Å². The minimum Gasteiger partial charge on any atom is -0.495 e. The van der Waals surface area contributed by atoms with Crippen LogP contribution in [-0.2, 0) is 6.61 Å². The number of fused-ring (bicyclic) bond motifs is 1. The Bertz CT molecular complexity index is 892. The molecule has 5 nitrogen and oxygen atoms in total. The number of rotatable bonds is 6. The lowest BCUT2D eigenvalue weighted by Gasteiger charge is -2.18. The number of aromatic nitrogens is 2. The molecule has 0 unspecified atom stereocenters. The van der Waals surface area contributed by atoms with Crippen LogP contribution < -0.4 is 9.64 Å². The predicted molar refractivity (Wildman–Crippen MR) is 102 cm³/mol. The third-order valence-corrected chi connectivity index (χ3v) is 4.56. The number of benzene rings is 1. The number of halogens is 1. The molecular weight excluding hydrogens is 338 g/mol. The second-order valence-electron chi connectivity index (χ2n) is 6.00. The average molecular weight is 360 g/mol. The molecular formula is C19H22ClN3O2. The van der Waals surface area contributed by atoms with Crippen molar-refractivity contribution in [3.8, 4) is 17.0 Å². The molecule has 0 aliphatic heterocycles. The fourth-order valence-corrected chi connectivity index (χ4v) is 3.16. The van der Waals surface area contributed by atoms with E-state index in [1.807, 2.05) is 16.8 Å². The van der Waals surface area contributed by atoms with E-state index < -0.39 is 0 Å². The lowest BCUT2D eigenvalue weighted by atomic mass is 10.1. The number of anilines is 1. The van der Waals surface area contributed by atoms with Crippen LogP contribution in [0, 0.1) is 0 Å². The van der Waals surface area contributed by atoms with Crippen molar-refractivity contribution >= 4 is 22.9 Å². The van der Waals surface area contributed by atoms with Crippen molar-refractivity contribution in [1.82, 2.24) is 9.38 Å². The van der Waals surface area contributed by atoms with E-state index in [4.69, 9.17) is 21.3 Å². The summed E-state index contributed by atoms with van der Waals surface area (Å²) in [6, 6.07) is 7.67. The second kappa shape index (κ2) is 7.33. The van der Waals surface area contributed by atoms with Gasteiger partial charge in [0, 0.05) is 43.3 Å². The van der Waals surface area contributed by atoms with E-state index >= 15 is 0 Å². The Morgan fingerprint density at radius 3 is 2.80 bits per heavy atom. The summed E-state index contributed by atoms with van der Waals surface area (Å²) in [5, 5.41) is 10.2. The maximum Gasteiger partial charge on any atom is 0.139 e. The number of hydrogen-bond acceptors (Lipinski definition) is 4. The maximum atomic E-state index is 9.70. The van der Waals surface area contributed by atoms with Crippen LogP contribution >= 0.6 is 11.6 Å². The molecule has 3 rings (SSSR count). The van der Waals surface area contributed by atoms with Crippen LogP contribution in [-0.4, -0.2) is 35.2 Å². The molecule has 1 N–H and O–H groups in total. The summed E-state index contributed by atoms with van der Waals surface area (Å²) in [6.45, 7) is 3.04. The van der Waals surface area contributed by atoms with E-state index in [0.717, 1.165) is 41.1 Å². The first-order valence-corrected chi connectivity index (χ1v) is 8.62. The molecule has 132 valence electrons. The largest absolute Gasteiger partial charge is 0.495 e. The molecule has 0 saturated carbocycles. The SMILES string of the molecule is CCCN(C)c1ccn2cc(-c3cc(Cl)c(OC)cc3CO)nc2c1. The summed E-state index contributed by atoms with van der Waals surface area (Å²) >= 11 is 6.26. The number of nitrogens with zero attached hydrogens (tertiary/aromatic N) is 3. The summed E-state index contributed by atoms with van der Waals surface area (Å²) in [6.07, 6.45) is 5.03. The van der Waals surface area contributed by atoms with Crippen molar-refractivity contribution in [2.24, 2.45) is 0 Å². The van der Waals surface area contributed by atoms with Gasteiger partial charge in [0.05, 0.1) is 24.4 Å². The number of pyridine rings is 1. The number of ether oxygens (including phenoxy) is 1. The van der Waals surface area contributed by atoms with Crippen molar-refractivity contribution in [3.05, 3.63) is 47.2 Å². The second-order valence-corrected chi connectivity index (χ2v) is 6.41. The summed E-state index contributed by atoms with van der Waals surface area (Å²) in [7, 11) is 3.63. The van der Waals surface area contributed by atoms with Crippen LogP contribution in [0.25, 0.3) is 16.9 Å². The third-order valence-electron chi connectivity index (χ3n) is 4.27. The Balaban J connectivity index is 2.06. The fraction of sp³-hybridized carbons (Fsp3) is 0.316. The molecule has 0 bridgehead atoms. The van der Waals surface area contributed by atoms with Gasteiger partial charge >= 0.3 is 0 Å². The van der Waals surface area contributed by atoms with Gasteiger partial charge in [-0.1, -0.05) is 18.5 Å². The first-order chi connectivity index (χ1) is 12.1. The maximum absolute atomic E-state index is 9.70. The zero-order valence-corrected chi connectivity index (χ0v) is 15.4. The minimum absolute atomic E-state index is 0.110. The first-order valence-electron chi connectivity index (χ1n) is 8.25. The smallest absolute Gasteiger partial charge is 0.139 e. The summed E-state index contributed by atoms with van der Waals surface area (Å²) in [4.78, 5) is 6.92. The van der Waals surface area contributed by atoms with E-state index in [2.05, 4.69) is 31.0 Å². The number of methoxy groups -OCH3 is 1. The van der Waals surface area contributed by atoms with Crippen molar-refractivity contribution < 1.29 is 9.84 Å². The Morgan fingerprint density at radius 2 is 2.12 bits per heavy atom. The summed E-state index contributed by atoms with van der Waals surface area (Å²) < 4.78 is 7.20. The number of imidazole rings is 1. The predicted octanol–water partition coefficient (Wildman–Crippen LogP) is 4.00. The van der Waals surface area contributed by atoms with E-state index in [0.29, 0.717) is 10.8 Å². The Morgan fingerprint density at radius 1 is 1.32 bits per heavy atom. The molecule has 3 aromatic rings. The zero-order valence-electron chi connectivity index (χ0n) is 14.7. The van der Waals surface area contributed by atoms with E-state index in [-0.39, 0.29) is 6.61 Å². The molecule has 0 spiro atoms. The normalized spacial score (nSPS) is 11.1. The number of aliphatic hydroxyl groups excluding tert-OH is 1. The van der Waals surface area contributed by atoms with Gasteiger partial charge in [-0.2, -0.15) is 0 Å². The highest BCUT2D eigenvalue weighted by Crippen LogP contribution is 2.34. The van der Waals surface area contributed by atoms with Crippen LogP contribution in [0.3, 0.4) is 0 Å². The molecule has 1 aromatic carbocycles. The van der Waals surface area contributed by atoms with Crippen LogP contribution in [0.15, 0.2) is 36.7 Å². The molecule has 6 heteroatoms. The monoisotopic (exact) mass is 359 g/mol. The van der Waals surface area contributed by atoms with Gasteiger partial charge in [-0.3, -0.25) is 0 Å². The molecule has 0 amide bonds. The third kappa shape index (κ3) is 3.43. The number of hydrogen-bond donors (Lipinski definition) is 1. The lowest BCUT2D eigenvalue weighted by molar-refractivity contribution is 0.281. The van der Waals surface area contributed by atoms with Gasteiger partial charge in [-0.25, -0.2) is 4.98 Å². The fourth-order valence-electron chi connectivity index (χ4n) is 2.92. The molecule has 0 fully saturated rings. The van der Waals surface area contributed by atoms with Crippen LogP contribution in [0.5, 0.6) is 5.75 Å². The molecule has 2 heterocycles. The first kappa shape index (κ1) is 17.6. The van der Waals surface area contributed by atoms with Crippen LogP contribution in [0.1, 0.15) is 18.9 Å². The van der Waals surface area contributed by atoms with Gasteiger partial charge in [-0.05, 0) is 30.2 Å². The Hall–Kier alpha value is -2.24. The lowest BCUT2D eigenvalue weighted by Crippen LogP contribution is -2.17. The quantitative estimate of drug-likeness (QED) is 0.722. The van der Waals surface area contributed by atoms with Gasteiger partial charge in [0.2, 0.25) is 0 Å². The zero-order chi connectivity index (χ0) is 18.0. The highest BCUT2D eigenvalue weighted by molar-refractivity contribution is 6.32. The van der Waals surface area contributed by atoms with Crippen molar-refractivity contribution in [2.45, 2.75) is 20.0 Å². The molecule has 0 radical (unpaired) electrons. The average Bonchev–Trinajstić information content (AvgIpc) is 3.04. The van der Waals surface area contributed by atoms with Crippen molar-refractivity contribution in [3.63, 3.8) is 0 Å². The van der Waals surface area contributed by atoms with Crippen LogP contribution in [0.2, 0.25) is 5.02 Å². The minimum atomic E-state index is -0.110. The highest BCUT2D eigenvalue weighted by Gasteiger charge is 2.14. The molecule has 25 heavy (non-hydrogen) atoms. The molecule has 0 aliphatic rings. The van der Waals surface area contributed by atoms with Gasteiger partial charge in [0.1, 0.15) is 11.4 Å². The molecule has 0 saturated heterocycles. The van der Waals surface area contributed by atoms with E-state index in [1.165, 1.54) is 0 Å². The topological polar surface area (TPSA) is 50.0 Å². The van der Waals surface area contributed by atoms with E-state index in [9.17, 15) is 5.11 Å². The van der Waals surface area contributed by atoms with Gasteiger partial charge in [0.15, 0.2) is 0 Å². The molecule has 2 aromatic heterocycles. The van der Waals surface area contributed by atoms with Crippen molar-refractivity contribution in [2.75, 3.05) is 25.6 Å². The van der Waals surface area contributed by atoms with Crippen LogP contribution in [0.4, 0.5) is 5.69 Å². The highest BCUT2D eigenvalue weighted by atomic mass is 35.5. The number of aliphatic hydroxyl groups is 1.